The van der Waals surface area contributed by atoms with Crippen LogP contribution in [0.2, 0.25) is 0 Å². The monoisotopic (exact) mass is 265 g/mol. The number of unbranched alkanes of at least 4 members (excludes halogenated alkanes) is 2. The van der Waals surface area contributed by atoms with E-state index in [1.807, 2.05) is 0 Å². The Morgan fingerprint density at radius 1 is 1.05 bits per heavy atom. The van der Waals surface area contributed by atoms with Gasteiger partial charge in [0.15, 0.2) is 5.82 Å². The van der Waals surface area contributed by atoms with Crippen LogP contribution in [0.15, 0.2) is 6.20 Å². The average molecular weight is 265 g/mol. The molecule has 1 aromatic rings. The number of rotatable bonds is 10. The van der Waals surface area contributed by atoms with E-state index in [-0.39, 0.29) is 0 Å². The SMILES string of the molecule is CCCCCNc1nncc(N(CCC)CCC)n1. The van der Waals surface area contributed by atoms with E-state index in [0.29, 0.717) is 5.95 Å². The van der Waals surface area contributed by atoms with Gasteiger partial charge in [0.25, 0.3) is 0 Å². The van der Waals surface area contributed by atoms with E-state index in [0.717, 1.165) is 44.7 Å². The van der Waals surface area contributed by atoms with Crippen molar-refractivity contribution < 1.29 is 0 Å². The molecule has 0 aliphatic rings. The van der Waals surface area contributed by atoms with Crippen molar-refractivity contribution in [2.75, 3.05) is 29.9 Å². The molecular formula is C14H27N5. The zero-order valence-corrected chi connectivity index (χ0v) is 12.5. The van der Waals surface area contributed by atoms with Crippen LogP contribution in [0.1, 0.15) is 52.9 Å². The fourth-order valence-corrected chi connectivity index (χ4v) is 1.98. The highest BCUT2D eigenvalue weighted by Crippen LogP contribution is 2.11. The molecule has 0 saturated heterocycles. The van der Waals surface area contributed by atoms with Crippen molar-refractivity contribution in [3.8, 4) is 0 Å². The summed E-state index contributed by atoms with van der Waals surface area (Å²) in [5, 5.41) is 11.3. The van der Waals surface area contributed by atoms with Gasteiger partial charge in [-0.1, -0.05) is 33.6 Å². The molecule has 0 saturated carbocycles. The molecule has 0 unspecified atom stereocenters. The Balaban J connectivity index is 2.58. The number of nitrogens with zero attached hydrogens (tertiary/aromatic N) is 4. The molecule has 1 rings (SSSR count). The van der Waals surface area contributed by atoms with Crippen LogP contribution in [0.5, 0.6) is 0 Å². The second-order valence-electron chi connectivity index (χ2n) is 4.76. The van der Waals surface area contributed by atoms with Crippen LogP contribution in [0, 0.1) is 0 Å². The quantitative estimate of drug-likeness (QED) is 0.659. The van der Waals surface area contributed by atoms with E-state index in [1.165, 1.54) is 12.8 Å². The minimum Gasteiger partial charge on any atom is -0.355 e. The maximum Gasteiger partial charge on any atom is 0.244 e. The molecule has 0 fully saturated rings. The molecule has 0 aromatic carbocycles. The van der Waals surface area contributed by atoms with Crippen LogP contribution in [-0.2, 0) is 0 Å². The van der Waals surface area contributed by atoms with Gasteiger partial charge in [0.1, 0.15) is 0 Å². The minimum atomic E-state index is 0.644. The van der Waals surface area contributed by atoms with Crippen molar-refractivity contribution >= 4 is 11.8 Å². The highest BCUT2D eigenvalue weighted by molar-refractivity contribution is 5.39. The summed E-state index contributed by atoms with van der Waals surface area (Å²) in [6.45, 7) is 9.51. The highest BCUT2D eigenvalue weighted by Gasteiger charge is 2.08. The van der Waals surface area contributed by atoms with E-state index >= 15 is 0 Å². The highest BCUT2D eigenvalue weighted by atomic mass is 15.3. The Morgan fingerprint density at radius 3 is 2.42 bits per heavy atom. The summed E-state index contributed by atoms with van der Waals surface area (Å²) >= 11 is 0. The van der Waals surface area contributed by atoms with Crippen LogP contribution in [0.4, 0.5) is 11.8 Å². The van der Waals surface area contributed by atoms with Gasteiger partial charge < -0.3 is 10.2 Å². The van der Waals surface area contributed by atoms with Crippen molar-refractivity contribution in [3.63, 3.8) is 0 Å². The molecule has 0 amide bonds. The van der Waals surface area contributed by atoms with E-state index < -0.39 is 0 Å². The molecule has 0 atom stereocenters. The molecule has 19 heavy (non-hydrogen) atoms. The predicted molar refractivity (Wildman–Crippen MR) is 80.6 cm³/mol. The Morgan fingerprint density at radius 2 is 1.79 bits per heavy atom. The Kier molecular flexibility index (Phi) is 7.86. The molecule has 1 heterocycles. The fourth-order valence-electron chi connectivity index (χ4n) is 1.98. The minimum absolute atomic E-state index is 0.644. The van der Waals surface area contributed by atoms with Crippen LogP contribution in [0.3, 0.4) is 0 Å². The van der Waals surface area contributed by atoms with Crippen LogP contribution in [0.25, 0.3) is 0 Å². The van der Waals surface area contributed by atoms with Gasteiger partial charge in [0.2, 0.25) is 5.95 Å². The number of aromatic nitrogens is 3. The lowest BCUT2D eigenvalue weighted by Gasteiger charge is -2.22. The lowest BCUT2D eigenvalue weighted by molar-refractivity contribution is 0.721. The summed E-state index contributed by atoms with van der Waals surface area (Å²) in [6, 6.07) is 0. The Bertz CT molecular complexity index is 336. The summed E-state index contributed by atoms with van der Waals surface area (Å²) in [5.74, 6) is 1.57. The van der Waals surface area contributed by atoms with Crippen molar-refractivity contribution in [1.29, 1.82) is 0 Å². The molecular weight excluding hydrogens is 238 g/mol. The maximum absolute atomic E-state index is 4.55. The van der Waals surface area contributed by atoms with E-state index in [1.54, 1.807) is 6.20 Å². The number of hydrogen-bond acceptors (Lipinski definition) is 5. The first-order chi connectivity index (χ1) is 9.31. The van der Waals surface area contributed by atoms with Gasteiger partial charge in [0, 0.05) is 19.6 Å². The van der Waals surface area contributed by atoms with Crippen LogP contribution < -0.4 is 10.2 Å². The average Bonchev–Trinajstić information content (AvgIpc) is 2.44. The topological polar surface area (TPSA) is 53.9 Å². The standard InChI is InChI=1S/C14H27N5/c1-4-7-8-9-15-14-17-13(12-16-18-14)19(10-5-2)11-6-3/h12H,4-11H2,1-3H3,(H,15,17,18). The summed E-state index contributed by atoms with van der Waals surface area (Å²) in [6.07, 6.45) is 7.59. The fraction of sp³-hybridized carbons (Fsp3) is 0.786. The zero-order chi connectivity index (χ0) is 13.9. The molecule has 1 aromatic heterocycles. The van der Waals surface area contributed by atoms with Gasteiger partial charge in [-0.25, -0.2) is 0 Å². The van der Waals surface area contributed by atoms with Gasteiger partial charge in [-0.3, -0.25) is 0 Å². The Hall–Kier alpha value is -1.39. The van der Waals surface area contributed by atoms with Gasteiger partial charge in [-0.2, -0.15) is 10.1 Å². The van der Waals surface area contributed by atoms with Gasteiger partial charge in [-0.05, 0) is 19.3 Å². The largest absolute Gasteiger partial charge is 0.355 e. The van der Waals surface area contributed by atoms with Crippen LogP contribution >= 0.6 is 0 Å². The molecule has 0 bridgehead atoms. The normalized spacial score (nSPS) is 10.5. The molecule has 5 heteroatoms. The first-order valence-electron chi connectivity index (χ1n) is 7.50. The Labute approximate surface area is 116 Å². The molecule has 0 radical (unpaired) electrons. The van der Waals surface area contributed by atoms with Crippen LogP contribution in [-0.4, -0.2) is 34.8 Å². The number of nitrogens with one attached hydrogen (secondary N) is 1. The van der Waals surface area contributed by atoms with Crippen molar-refractivity contribution in [3.05, 3.63) is 6.20 Å². The molecule has 5 nitrogen and oxygen atoms in total. The second kappa shape index (κ2) is 9.53. The van der Waals surface area contributed by atoms with Crippen molar-refractivity contribution in [2.45, 2.75) is 52.9 Å². The van der Waals surface area contributed by atoms with Gasteiger partial charge in [-0.15, -0.1) is 5.10 Å². The van der Waals surface area contributed by atoms with Crippen molar-refractivity contribution in [1.82, 2.24) is 15.2 Å². The number of anilines is 2. The van der Waals surface area contributed by atoms with E-state index in [9.17, 15) is 0 Å². The summed E-state index contributed by atoms with van der Waals surface area (Å²) in [5.41, 5.74) is 0. The van der Waals surface area contributed by atoms with Crippen molar-refractivity contribution in [2.24, 2.45) is 0 Å². The first-order valence-corrected chi connectivity index (χ1v) is 7.50. The van der Waals surface area contributed by atoms with E-state index in [4.69, 9.17) is 0 Å². The number of hydrogen-bond donors (Lipinski definition) is 1. The molecule has 0 aliphatic heterocycles. The second-order valence-corrected chi connectivity index (χ2v) is 4.76. The summed E-state index contributed by atoms with van der Waals surface area (Å²) < 4.78 is 0. The van der Waals surface area contributed by atoms with Gasteiger partial charge >= 0.3 is 0 Å². The lowest BCUT2D eigenvalue weighted by atomic mass is 10.2. The third-order valence-corrected chi connectivity index (χ3v) is 2.92. The molecule has 0 aliphatic carbocycles. The predicted octanol–water partition coefficient (Wildman–Crippen LogP) is 3.10. The molecule has 1 N–H and O–H groups in total. The lowest BCUT2D eigenvalue weighted by Crippen LogP contribution is -2.26. The zero-order valence-electron chi connectivity index (χ0n) is 12.5. The smallest absolute Gasteiger partial charge is 0.244 e. The summed E-state index contributed by atoms with van der Waals surface area (Å²) in [7, 11) is 0. The van der Waals surface area contributed by atoms with E-state index in [2.05, 4.69) is 46.2 Å². The molecule has 0 spiro atoms. The third-order valence-electron chi connectivity index (χ3n) is 2.92. The maximum atomic E-state index is 4.55. The van der Waals surface area contributed by atoms with Gasteiger partial charge in [0.05, 0.1) is 6.20 Å². The summed E-state index contributed by atoms with van der Waals surface area (Å²) in [4.78, 5) is 6.82. The first kappa shape index (κ1) is 15.7. The third kappa shape index (κ3) is 5.85. The molecule has 108 valence electrons.